The zero-order valence-corrected chi connectivity index (χ0v) is 19.3. The Hall–Kier alpha value is -0.730. The number of aliphatic hydroxyl groups excluding tert-OH is 1. The molecule has 180 valence electrons. The molecule has 0 unspecified atom stereocenters. The van der Waals surface area contributed by atoms with Gasteiger partial charge in [0, 0.05) is 0 Å². The Balaban J connectivity index is 3.13. The van der Waals surface area contributed by atoms with Gasteiger partial charge in [0.15, 0.2) is 0 Å². The summed E-state index contributed by atoms with van der Waals surface area (Å²) in [7, 11) is 0. The molecule has 2 N–H and O–H groups in total. The molecular formula is C23H47NO6. The fraction of sp³-hybridized carbons (Fsp3) is 0.957. The minimum Gasteiger partial charge on any atom is -0.462 e. The van der Waals surface area contributed by atoms with E-state index in [-0.39, 0.29) is 25.7 Å². The van der Waals surface area contributed by atoms with Crippen LogP contribution in [0.4, 0.5) is 0 Å². The van der Waals surface area contributed by atoms with E-state index in [9.17, 15) is 4.79 Å². The zero-order valence-electron chi connectivity index (χ0n) is 19.3. The monoisotopic (exact) mass is 433 g/mol. The smallest absolute Gasteiger partial charge is 0.319 e. The number of rotatable bonds is 25. The van der Waals surface area contributed by atoms with Crippen molar-refractivity contribution in [2.24, 2.45) is 0 Å². The molecule has 0 spiro atoms. The number of ether oxygens (including phenoxy) is 4. The number of carbonyl (C=O) groups is 1. The quantitative estimate of drug-likeness (QED) is 0.168. The van der Waals surface area contributed by atoms with Crippen LogP contribution in [-0.4, -0.2) is 77.0 Å². The highest BCUT2D eigenvalue weighted by molar-refractivity contribution is 5.71. The number of hydrogen-bond donors (Lipinski definition) is 2. The third-order valence-corrected chi connectivity index (χ3v) is 4.70. The molecule has 0 aliphatic rings. The predicted octanol–water partition coefficient (Wildman–Crippen LogP) is 3.47. The summed E-state index contributed by atoms with van der Waals surface area (Å²) in [6, 6.07) is 0. The number of esters is 1. The first kappa shape index (κ1) is 29.3. The lowest BCUT2D eigenvalue weighted by Crippen LogP contribution is -2.26. The lowest BCUT2D eigenvalue weighted by Gasteiger charge is -2.08. The SMILES string of the molecule is CCCCCCCCCCCCCNCC(=O)OCCOCCOCCOCCO. The molecule has 0 fully saturated rings. The standard InChI is InChI=1S/C23H47NO6/c1-2-3-4-5-6-7-8-9-10-11-12-13-24-22-23(26)30-21-20-29-19-18-28-17-16-27-15-14-25/h24-25H,2-22H2,1H3. The lowest BCUT2D eigenvalue weighted by molar-refractivity contribution is -0.144. The molecule has 0 saturated heterocycles. The lowest BCUT2D eigenvalue weighted by atomic mass is 10.1. The van der Waals surface area contributed by atoms with Crippen molar-refractivity contribution in [2.75, 3.05) is 65.9 Å². The van der Waals surface area contributed by atoms with E-state index in [0.29, 0.717) is 39.6 Å². The first-order valence-corrected chi connectivity index (χ1v) is 12.0. The van der Waals surface area contributed by atoms with Crippen LogP contribution in [0.2, 0.25) is 0 Å². The van der Waals surface area contributed by atoms with E-state index in [4.69, 9.17) is 24.1 Å². The van der Waals surface area contributed by atoms with Gasteiger partial charge >= 0.3 is 5.97 Å². The summed E-state index contributed by atoms with van der Waals surface area (Å²) in [6.45, 7) is 6.23. The molecule has 0 saturated carbocycles. The second-order valence-corrected chi connectivity index (χ2v) is 7.49. The number of carbonyl (C=O) groups excluding carboxylic acids is 1. The molecule has 0 rings (SSSR count). The Kier molecular flexibility index (Phi) is 25.7. The molecule has 0 radical (unpaired) electrons. The van der Waals surface area contributed by atoms with Gasteiger partial charge in [-0.2, -0.15) is 0 Å². The average Bonchev–Trinajstić information content (AvgIpc) is 2.75. The minimum absolute atomic E-state index is 0.0245. The van der Waals surface area contributed by atoms with E-state index in [1.54, 1.807) is 0 Å². The molecule has 7 heteroatoms. The second kappa shape index (κ2) is 26.3. The number of aliphatic hydroxyl groups is 1. The highest BCUT2D eigenvalue weighted by Gasteiger charge is 2.02. The first-order valence-electron chi connectivity index (χ1n) is 12.0. The summed E-state index contributed by atoms with van der Waals surface area (Å²) in [5, 5.41) is 11.7. The van der Waals surface area contributed by atoms with Crippen molar-refractivity contribution in [2.45, 2.75) is 77.6 Å². The minimum atomic E-state index is -0.237. The second-order valence-electron chi connectivity index (χ2n) is 7.49. The molecule has 30 heavy (non-hydrogen) atoms. The highest BCUT2D eigenvalue weighted by atomic mass is 16.6. The molecule has 0 aromatic heterocycles. The van der Waals surface area contributed by atoms with E-state index < -0.39 is 0 Å². The van der Waals surface area contributed by atoms with Gasteiger partial charge in [0.1, 0.15) is 6.61 Å². The molecule has 0 aromatic rings. The summed E-state index contributed by atoms with van der Waals surface area (Å²) in [4.78, 5) is 11.6. The largest absolute Gasteiger partial charge is 0.462 e. The Morgan fingerprint density at radius 2 is 1.13 bits per heavy atom. The summed E-state index contributed by atoms with van der Waals surface area (Å²) >= 11 is 0. The molecule has 0 amide bonds. The van der Waals surface area contributed by atoms with Crippen molar-refractivity contribution >= 4 is 5.97 Å². The molecule has 0 heterocycles. The van der Waals surface area contributed by atoms with Crippen LogP contribution in [0.15, 0.2) is 0 Å². The van der Waals surface area contributed by atoms with E-state index >= 15 is 0 Å². The molecule has 0 aromatic carbocycles. The van der Waals surface area contributed by atoms with Crippen LogP contribution < -0.4 is 5.32 Å². The first-order chi connectivity index (χ1) is 14.8. The van der Waals surface area contributed by atoms with E-state index in [2.05, 4.69) is 12.2 Å². The van der Waals surface area contributed by atoms with Gasteiger partial charge in [0.2, 0.25) is 0 Å². The van der Waals surface area contributed by atoms with E-state index in [1.807, 2.05) is 0 Å². The Bertz CT molecular complexity index is 344. The molecule has 0 aliphatic heterocycles. The average molecular weight is 434 g/mol. The predicted molar refractivity (Wildman–Crippen MR) is 120 cm³/mol. The maximum atomic E-state index is 11.6. The zero-order chi connectivity index (χ0) is 22.0. The Labute approximate surface area is 184 Å². The van der Waals surface area contributed by atoms with E-state index in [1.165, 1.54) is 64.2 Å². The van der Waals surface area contributed by atoms with Gasteiger partial charge < -0.3 is 29.4 Å². The van der Waals surface area contributed by atoms with Crippen LogP contribution in [-0.2, 0) is 23.7 Å². The van der Waals surface area contributed by atoms with Gasteiger partial charge in [-0.15, -0.1) is 0 Å². The summed E-state index contributed by atoms with van der Waals surface area (Å²) in [6.07, 6.45) is 14.6. The van der Waals surface area contributed by atoms with Crippen molar-refractivity contribution < 1.29 is 28.8 Å². The number of nitrogens with one attached hydrogen (secondary N) is 1. The van der Waals surface area contributed by atoms with E-state index in [0.717, 1.165) is 13.0 Å². The molecule has 0 bridgehead atoms. The van der Waals surface area contributed by atoms with Crippen molar-refractivity contribution in [3.8, 4) is 0 Å². The van der Waals surface area contributed by atoms with Crippen LogP contribution >= 0.6 is 0 Å². The van der Waals surface area contributed by atoms with Gasteiger partial charge in [0.25, 0.3) is 0 Å². The van der Waals surface area contributed by atoms with Crippen molar-refractivity contribution in [3.05, 3.63) is 0 Å². The maximum Gasteiger partial charge on any atom is 0.319 e. The molecule has 0 atom stereocenters. The highest BCUT2D eigenvalue weighted by Crippen LogP contribution is 2.10. The van der Waals surface area contributed by atoms with Crippen LogP contribution in [0.5, 0.6) is 0 Å². The van der Waals surface area contributed by atoms with Gasteiger partial charge in [0.05, 0.1) is 52.8 Å². The summed E-state index contributed by atoms with van der Waals surface area (Å²) in [5.74, 6) is -0.237. The topological polar surface area (TPSA) is 86.3 Å². The Morgan fingerprint density at radius 3 is 1.67 bits per heavy atom. The fourth-order valence-electron chi connectivity index (χ4n) is 2.98. The molecule has 0 aliphatic carbocycles. The van der Waals surface area contributed by atoms with Crippen molar-refractivity contribution in [3.63, 3.8) is 0 Å². The Morgan fingerprint density at radius 1 is 0.667 bits per heavy atom. The van der Waals surface area contributed by atoms with Gasteiger partial charge in [-0.3, -0.25) is 4.79 Å². The van der Waals surface area contributed by atoms with Crippen molar-refractivity contribution in [1.29, 1.82) is 0 Å². The normalized spacial score (nSPS) is 11.1. The third kappa shape index (κ3) is 25.3. The van der Waals surface area contributed by atoms with Crippen LogP contribution in [0, 0.1) is 0 Å². The molecule has 7 nitrogen and oxygen atoms in total. The summed E-state index contributed by atoms with van der Waals surface area (Å²) in [5.41, 5.74) is 0. The van der Waals surface area contributed by atoms with Crippen LogP contribution in [0.3, 0.4) is 0 Å². The van der Waals surface area contributed by atoms with Gasteiger partial charge in [-0.05, 0) is 13.0 Å². The summed E-state index contributed by atoms with van der Waals surface area (Å²) < 4.78 is 20.8. The van der Waals surface area contributed by atoms with Gasteiger partial charge in [-0.1, -0.05) is 71.1 Å². The molecular weight excluding hydrogens is 386 g/mol. The van der Waals surface area contributed by atoms with Crippen LogP contribution in [0.1, 0.15) is 77.6 Å². The number of hydrogen-bond acceptors (Lipinski definition) is 7. The number of unbranched alkanes of at least 4 members (excludes halogenated alkanes) is 10. The van der Waals surface area contributed by atoms with Crippen molar-refractivity contribution in [1.82, 2.24) is 5.32 Å². The van der Waals surface area contributed by atoms with Gasteiger partial charge in [-0.25, -0.2) is 0 Å². The maximum absolute atomic E-state index is 11.6. The van der Waals surface area contributed by atoms with Crippen LogP contribution in [0.25, 0.3) is 0 Å². The fourth-order valence-corrected chi connectivity index (χ4v) is 2.98. The third-order valence-electron chi connectivity index (χ3n) is 4.70.